The van der Waals surface area contributed by atoms with Gasteiger partial charge in [0.15, 0.2) is 11.5 Å². The molecule has 0 aliphatic carbocycles. The molecule has 1 amide bonds. The number of methoxy groups -OCH3 is 2. The number of hydrogen-bond donors (Lipinski definition) is 2. The summed E-state index contributed by atoms with van der Waals surface area (Å²) in [7, 11) is 3.24. The van der Waals surface area contributed by atoms with Crippen molar-refractivity contribution in [2.24, 2.45) is 5.73 Å². The van der Waals surface area contributed by atoms with Crippen LogP contribution in [0.15, 0.2) is 12.1 Å². The first kappa shape index (κ1) is 21.6. The van der Waals surface area contributed by atoms with Crippen LogP contribution in [-0.4, -0.2) is 55.4 Å². The lowest BCUT2D eigenvalue weighted by molar-refractivity contribution is -0.192. The van der Waals surface area contributed by atoms with Crippen LogP contribution in [0.2, 0.25) is 0 Å². The number of benzene rings is 1. The second-order valence-corrected chi connectivity index (χ2v) is 5.38. The number of carbonyl (C=O) groups excluding carboxylic acids is 1. The molecule has 146 valence electrons. The molecule has 0 fully saturated rings. The first-order valence-corrected chi connectivity index (χ1v) is 7.65. The van der Waals surface area contributed by atoms with Gasteiger partial charge in [0.1, 0.15) is 0 Å². The third-order valence-corrected chi connectivity index (χ3v) is 3.67. The van der Waals surface area contributed by atoms with Crippen LogP contribution in [0, 0.1) is 0 Å². The summed E-state index contributed by atoms with van der Waals surface area (Å²) in [6, 6.07) is 3.95. The Hall–Kier alpha value is -2.49. The van der Waals surface area contributed by atoms with Gasteiger partial charge in [-0.3, -0.25) is 4.79 Å². The molecule has 0 spiro atoms. The van der Waals surface area contributed by atoms with E-state index < -0.39 is 12.1 Å². The summed E-state index contributed by atoms with van der Waals surface area (Å²) < 4.78 is 42.3. The summed E-state index contributed by atoms with van der Waals surface area (Å²) in [6.45, 7) is 1.75. The predicted octanol–water partition coefficient (Wildman–Crippen LogP) is 1.57. The minimum atomic E-state index is -5.08. The van der Waals surface area contributed by atoms with E-state index in [4.69, 9.17) is 25.1 Å². The van der Waals surface area contributed by atoms with E-state index in [0.717, 1.165) is 24.3 Å². The monoisotopic (exact) mass is 378 g/mol. The first-order valence-electron chi connectivity index (χ1n) is 7.65. The minimum absolute atomic E-state index is 0.114. The molecular formula is C16H21F3N2O5. The summed E-state index contributed by atoms with van der Waals surface area (Å²) in [6.07, 6.45) is -3.84. The van der Waals surface area contributed by atoms with Crippen molar-refractivity contribution < 1.29 is 37.3 Å². The number of fused-ring (bicyclic) bond motifs is 1. The highest BCUT2D eigenvalue weighted by Gasteiger charge is 2.38. The van der Waals surface area contributed by atoms with E-state index in [1.54, 1.807) is 14.2 Å². The van der Waals surface area contributed by atoms with Gasteiger partial charge in [0.2, 0.25) is 5.91 Å². The van der Waals surface area contributed by atoms with Crippen molar-refractivity contribution in [2.75, 3.05) is 27.3 Å². The molecule has 0 atom stereocenters. The Balaban J connectivity index is 0.000000412. The molecule has 3 N–H and O–H groups in total. The zero-order chi connectivity index (χ0) is 19.9. The van der Waals surface area contributed by atoms with Crippen molar-refractivity contribution in [1.29, 1.82) is 0 Å². The van der Waals surface area contributed by atoms with Crippen LogP contribution in [-0.2, 0) is 22.6 Å². The highest BCUT2D eigenvalue weighted by atomic mass is 19.4. The zero-order valence-electron chi connectivity index (χ0n) is 14.4. The summed E-state index contributed by atoms with van der Waals surface area (Å²) >= 11 is 0. The van der Waals surface area contributed by atoms with Crippen LogP contribution in [0.5, 0.6) is 11.5 Å². The SMILES string of the molecule is COc1cc2c(cc1OC)CN(C(=O)CCN)CC2.O=C(O)C(F)(F)F. The Morgan fingerprint density at radius 2 is 1.69 bits per heavy atom. The number of nitrogens with two attached hydrogens (primary N) is 1. The highest BCUT2D eigenvalue weighted by molar-refractivity contribution is 5.76. The summed E-state index contributed by atoms with van der Waals surface area (Å²) in [5.74, 6) is -1.20. The average Bonchev–Trinajstić information content (AvgIpc) is 2.59. The number of amides is 1. The number of ether oxygens (including phenoxy) is 2. The van der Waals surface area contributed by atoms with Crippen molar-refractivity contribution in [1.82, 2.24) is 4.90 Å². The molecule has 1 aliphatic heterocycles. The summed E-state index contributed by atoms with van der Waals surface area (Å²) in [5.41, 5.74) is 7.77. The topological polar surface area (TPSA) is 102 Å². The van der Waals surface area contributed by atoms with Gasteiger partial charge < -0.3 is 25.2 Å². The van der Waals surface area contributed by atoms with E-state index in [1.165, 1.54) is 5.56 Å². The Bertz CT molecular complexity index is 650. The van der Waals surface area contributed by atoms with Crippen molar-refractivity contribution in [3.8, 4) is 11.5 Å². The quantitative estimate of drug-likeness (QED) is 0.825. The maximum absolute atomic E-state index is 11.9. The molecule has 0 aromatic heterocycles. The third kappa shape index (κ3) is 5.80. The Morgan fingerprint density at radius 1 is 1.19 bits per heavy atom. The molecule has 1 aromatic carbocycles. The molecule has 7 nitrogen and oxygen atoms in total. The third-order valence-electron chi connectivity index (χ3n) is 3.67. The number of aliphatic carboxylic acids is 1. The fourth-order valence-corrected chi connectivity index (χ4v) is 2.38. The number of carboxylic acid groups (broad SMARTS) is 1. The van der Waals surface area contributed by atoms with E-state index in [2.05, 4.69) is 0 Å². The molecule has 1 aromatic rings. The van der Waals surface area contributed by atoms with Gasteiger partial charge in [-0.05, 0) is 29.7 Å². The Morgan fingerprint density at radius 3 is 2.12 bits per heavy atom. The van der Waals surface area contributed by atoms with Crippen LogP contribution < -0.4 is 15.2 Å². The molecule has 1 aliphatic rings. The van der Waals surface area contributed by atoms with Crippen molar-refractivity contribution in [2.45, 2.75) is 25.6 Å². The van der Waals surface area contributed by atoms with E-state index in [9.17, 15) is 18.0 Å². The lowest BCUT2D eigenvalue weighted by atomic mass is 9.98. The summed E-state index contributed by atoms with van der Waals surface area (Å²) in [4.78, 5) is 22.6. The van der Waals surface area contributed by atoms with E-state index in [0.29, 0.717) is 25.3 Å². The van der Waals surface area contributed by atoms with Gasteiger partial charge in [-0.2, -0.15) is 13.2 Å². The van der Waals surface area contributed by atoms with Gasteiger partial charge in [-0.25, -0.2) is 4.79 Å². The Labute approximate surface area is 148 Å². The maximum Gasteiger partial charge on any atom is 0.490 e. The average molecular weight is 378 g/mol. The standard InChI is InChI=1S/C14H20N2O3.C2HF3O2/c1-18-12-7-10-4-6-16(14(17)3-5-15)9-11(10)8-13(12)19-2;3-2(4,5)1(6)7/h7-8H,3-6,9,15H2,1-2H3;(H,6,7). The molecular weight excluding hydrogens is 357 g/mol. The molecule has 0 radical (unpaired) electrons. The predicted molar refractivity (Wildman–Crippen MR) is 86.0 cm³/mol. The molecule has 26 heavy (non-hydrogen) atoms. The second-order valence-electron chi connectivity index (χ2n) is 5.38. The van der Waals surface area contributed by atoms with Gasteiger partial charge in [0.05, 0.1) is 14.2 Å². The molecule has 2 rings (SSSR count). The first-order chi connectivity index (χ1) is 12.1. The van der Waals surface area contributed by atoms with Crippen LogP contribution >= 0.6 is 0 Å². The summed E-state index contributed by atoms with van der Waals surface area (Å²) in [5, 5.41) is 7.12. The molecule has 0 unspecified atom stereocenters. The van der Waals surface area contributed by atoms with Crippen LogP contribution in [0.1, 0.15) is 17.5 Å². The fourth-order valence-electron chi connectivity index (χ4n) is 2.38. The van der Waals surface area contributed by atoms with Gasteiger partial charge >= 0.3 is 12.1 Å². The number of rotatable bonds is 4. The fraction of sp³-hybridized carbons (Fsp3) is 0.500. The molecule has 10 heteroatoms. The normalized spacial score (nSPS) is 13.2. The van der Waals surface area contributed by atoms with E-state index in [1.807, 2.05) is 17.0 Å². The molecule has 1 heterocycles. The van der Waals surface area contributed by atoms with E-state index in [-0.39, 0.29) is 5.91 Å². The highest BCUT2D eigenvalue weighted by Crippen LogP contribution is 2.33. The lowest BCUT2D eigenvalue weighted by Gasteiger charge is -2.29. The van der Waals surface area contributed by atoms with Crippen molar-refractivity contribution in [3.05, 3.63) is 23.3 Å². The maximum atomic E-state index is 11.9. The smallest absolute Gasteiger partial charge is 0.490 e. The number of carboxylic acids is 1. The largest absolute Gasteiger partial charge is 0.493 e. The molecule has 0 saturated heterocycles. The molecule has 0 bridgehead atoms. The van der Waals surface area contributed by atoms with Gasteiger partial charge in [0, 0.05) is 26.1 Å². The number of hydrogen-bond acceptors (Lipinski definition) is 5. The zero-order valence-corrected chi connectivity index (χ0v) is 14.4. The van der Waals surface area contributed by atoms with Crippen molar-refractivity contribution >= 4 is 11.9 Å². The minimum Gasteiger partial charge on any atom is -0.493 e. The van der Waals surface area contributed by atoms with Gasteiger partial charge in [-0.15, -0.1) is 0 Å². The number of nitrogens with zero attached hydrogens (tertiary/aromatic N) is 1. The number of alkyl halides is 3. The Kier molecular flexibility index (Phi) is 7.69. The lowest BCUT2D eigenvalue weighted by Crippen LogP contribution is -2.36. The van der Waals surface area contributed by atoms with Crippen molar-refractivity contribution in [3.63, 3.8) is 0 Å². The van der Waals surface area contributed by atoms with Gasteiger partial charge in [-0.1, -0.05) is 0 Å². The van der Waals surface area contributed by atoms with E-state index >= 15 is 0 Å². The number of halogens is 3. The number of carbonyl (C=O) groups is 2. The van der Waals surface area contributed by atoms with Crippen LogP contribution in [0.25, 0.3) is 0 Å². The van der Waals surface area contributed by atoms with Crippen LogP contribution in [0.3, 0.4) is 0 Å². The second kappa shape index (κ2) is 9.27. The molecule has 0 saturated carbocycles. The van der Waals surface area contributed by atoms with Crippen LogP contribution in [0.4, 0.5) is 13.2 Å². The van der Waals surface area contributed by atoms with Gasteiger partial charge in [0.25, 0.3) is 0 Å².